The van der Waals surface area contributed by atoms with Gasteiger partial charge in [0.2, 0.25) is 5.78 Å². The summed E-state index contributed by atoms with van der Waals surface area (Å²) in [4.78, 5) is 12.4. The maximum absolute atomic E-state index is 12.4. The van der Waals surface area contributed by atoms with Crippen molar-refractivity contribution in [1.82, 2.24) is 8.75 Å². The van der Waals surface area contributed by atoms with E-state index in [-0.39, 0.29) is 5.78 Å². The Morgan fingerprint density at radius 3 is 2.37 bits per heavy atom. The Morgan fingerprint density at radius 1 is 0.895 bits per heavy atom. The van der Waals surface area contributed by atoms with Crippen LogP contribution in [-0.2, 0) is 0 Å². The van der Waals surface area contributed by atoms with Gasteiger partial charge >= 0.3 is 0 Å². The molecular formula is C13H6N2OS3. The van der Waals surface area contributed by atoms with Crippen LogP contribution in [0.25, 0.3) is 5.57 Å². The second kappa shape index (κ2) is 4.33. The van der Waals surface area contributed by atoms with Crippen LogP contribution >= 0.6 is 35.3 Å². The Bertz CT molecular complexity index is 751. The van der Waals surface area contributed by atoms with Crippen molar-refractivity contribution >= 4 is 46.6 Å². The first-order valence-corrected chi connectivity index (χ1v) is 8.05. The highest BCUT2D eigenvalue weighted by atomic mass is 32.2. The summed E-state index contributed by atoms with van der Waals surface area (Å²) in [5, 5.41) is 4.09. The number of carbonyl (C=O) groups excluding carboxylic acids is 1. The summed E-state index contributed by atoms with van der Waals surface area (Å²) in [6, 6.07) is 7.68. The van der Waals surface area contributed by atoms with E-state index in [2.05, 4.69) is 8.75 Å². The number of ketones is 1. The maximum atomic E-state index is 12.4. The predicted octanol–water partition coefficient (Wildman–Crippen LogP) is 3.75. The van der Waals surface area contributed by atoms with Crippen LogP contribution in [0.3, 0.4) is 0 Å². The van der Waals surface area contributed by atoms with Gasteiger partial charge in [-0.1, -0.05) is 47.8 Å². The second-order valence-electron chi connectivity index (χ2n) is 4.01. The van der Waals surface area contributed by atoms with E-state index in [1.807, 2.05) is 35.1 Å². The van der Waals surface area contributed by atoms with Gasteiger partial charge in [-0.25, -0.2) is 0 Å². The van der Waals surface area contributed by atoms with E-state index in [4.69, 9.17) is 0 Å². The van der Waals surface area contributed by atoms with Crippen molar-refractivity contribution in [3.05, 3.63) is 61.8 Å². The second-order valence-corrected chi connectivity index (χ2v) is 6.63. The van der Waals surface area contributed by atoms with Crippen molar-refractivity contribution in [2.75, 3.05) is 0 Å². The lowest BCUT2D eigenvalue weighted by Crippen LogP contribution is -2.14. The molecule has 2 heterocycles. The minimum Gasteiger partial charge on any atom is -0.287 e. The Hall–Kier alpha value is -1.37. The van der Waals surface area contributed by atoms with Crippen LogP contribution < -0.4 is 0 Å². The zero-order valence-electron chi connectivity index (χ0n) is 9.49. The van der Waals surface area contributed by atoms with Gasteiger partial charge in [0.15, 0.2) is 5.69 Å². The summed E-state index contributed by atoms with van der Waals surface area (Å²) >= 11 is 4.43. The van der Waals surface area contributed by atoms with Crippen molar-refractivity contribution in [3.8, 4) is 0 Å². The average molecular weight is 302 g/mol. The fourth-order valence-electron chi connectivity index (χ4n) is 2.19. The normalized spacial score (nSPS) is 16.7. The van der Waals surface area contributed by atoms with Crippen molar-refractivity contribution < 1.29 is 4.79 Å². The summed E-state index contributed by atoms with van der Waals surface area (Å²) in [6.07, 6.45) is 0. The number of hydrogen-bond donors (Lipinski definition) is 0. The first-order valence-electron chi connectivity index (χ1n) is 5.56. The monoisotopic (exact) mass is 302 g/mol. The molecule has 1 aromatic heterocycles. The molecule has 4 rings (SSSR count). The number of fused-ring (bicyclic) bond motifs is 2. The van der Waals surface area contributed by atoms with Crippen LogP contribution in [-0.4, -0.2) is 14.5 Å². The van der Waals surface area contributed by atoms with Crippen LogP contribution in [0.15, 0.2) is 39.3 Å². The molecule has 2 aromatic rings. The van der Waals surface area contributed by atoms with Gasteiger partial charge < -0.3 is 0 Å². The standard InChI is InChI=1S/C13H6N2OS3/c16-12-8-4-2-1-3-7(8)9(13-17-5-6-18-13)10-11(12)15-19-14-10/h1-6H. The van der Waals surface area contributed by atoms with Crippen molar-refractivity contribution in [3.63, 3.8) is 0 Å². The van der Waals surface area contributed by atoms with Gasteiger partial charge in [-0.2, -0.15) is 8.75 Å². The molecule has 0 bridgehead atoms. The summed E-state index contributed by atoms with van der Waals surface area (Å²) in [5.41, 5.74) is 3.94. The van der Waals surface area contributed by atoms with Gasteiger partial charge in [-0.15, -0.1) is 0 Å². The third-order valence-electron chi connectivity index (χ3n) is 2.99. The average Bonchev–Trinajstić information content (AvgIpc) is 3.10. The third kappa shape index (κ3) is 1.64. The number of thioether (sulfide) groups is 2. The molecule has 1 aliphatic heterocycles. The molecule has 0 spiro atoms. The lowest BCUT2D eigenvalue weighted by molar-refractivity contribution is 0.103. The summed E-state index contributed by atoms with van der Waals surface area (Å²) in [5.74, 6) is -0.0235. The summed E-state index contributed by atoms with van der Waals surface area (Å²) < 4.78 is 9.66. The molecule has 1 aromatic carbocycles. The summed E-state index contributed by atoms with van der Waals surface area (Å²) in [6.45, 7) is 0. The number of aromatic nitrogens is 2. The number of benzene rings is 1. The van der Waals surface area contributed by atoms with E-state index in [9.17, 15) is 4.79 Å². The van der Waals surface area contributed by atoms with E-state index in [1.165, 1.54) is 0 Å². The minimum absolute atomic E-state index is 0.0235. The highest BCUT2D eigenvalue weighted by molar-refractivity contribution is 8.27. The van der Waals surface area contributed by atoms with Crippen LogP contribution in [0.5, 0.6) is 0 Å². The zero-order chi connectivity index (χ0) is 12.8. The lowest BCUT2D eigenvalue weighted by Gasteiger charge is -2.17. The molecule has 0 saturated carbocycles. The van der Waals surface area contributed by atoms with Crippen LogP contribution in [0.2, 0.25) is 0 Å². The highest BCUT2D eigenvalue weighted by Gasteiger charge is 2.32. The van der Waals surface area contributed by atoms with Gasteiger partial charge in [0, 0.05) is 11.1 Å². The molecule has 6 heteroatoms. The topological polar surface area (TPSA) is 42.9 Å². The minimum atomic E-state index is -0.0235. The fraction of sp³-hybridized carbons (Fsp3) is 0. The van der Waals surface area contributed by atoms with E-state index < -0.39 is 0 Å². The molecule has 3 nitrogen and oxygen atoms in total. The smallest absolute Gasteiger partial charge is 0.215 e. The molecule has 1 aliphatic carbocycles. The van der Waals surface area contributed by atoms with Crippen molar-refractivity contribution in [1.29, 1.82) is 0 Å². The molecule has 0 fully saturated rings. The highest BCUT2D eigenvalue weighted by Crippen LogP contribution is 2.47. The Morgan fingerprint density at radius 2 is 1.58 bits per heavy atom. The molecule has 2 aliphatic rings. The van der Waals surface area contributed by atoms with Crippen LogP contribution in [0, 0.1) is 0 Å². The zero-order valence-corrected chi connectivity index (χ0v) is 11.9. The molecular weight excluding hydrogens is 296 g/mol. The molecule has 0 amide bonds. The van der Waals surface area contributed by atoms with Gasteiger partial charge in [0.1, 0.15) is 5.69 Å². The number of carbonyl (C=O) groups is 1. The van der Waals surface area contributed by atoms with Gasteiger partial charge in [-0.3, -0.25) is 4.79 Å². The van der Waals surface area contributed by atoms with Crippen molar-refractivity contribution in [2.45, 2.75) is 0 Å². The molecule has 19 heavy (non-hydrogen) atoms. The molecule has 0 atom stereocenters. The summed E-state index contributed by atoms with van der Waals surface area (Å²) in [7, 11) is 0. The van der Waals surface area contributed by atoms with Gasteiger partial charge in [0.25, 0.3) is 0 Å². The molecule has 0 N–H and O–H groups in total. The van der Waals surface area contributed by atoms with Gasteiger partial charge in [-0.05, 0) is 16.4 Å². The van der Waals surface area contributed by atoms with Gasteiger partial charge in [0.05, 0.1) is 16.0 Å². The number of rotatable bonds is 0. The molecule has 0 unspecified atom stereocenters. The fourth-order valence-corrected chi connectivity index (χ4v) is 4.63. The predicted molar refractivity (Wildman–Crippen MR) is 80.1 cm³/mol. The maximum Gasteiger partial charge on any atom is 0.215 e. The number of nitrogens with zero attached hydrogens (tertiary/aromatic N) is 2. The van der Waals surface area contributed by atoms with E-state index in [1.54, 1.807) is 23.5 Å². The van der Waals surface area contributed by atoms with E-state index in [0.29, 0.717) is 5.69 Å². The first kappa shape index (κ1) is 11.5. The first-order chi connectivity index (χ1) is 9.36. The van der Waals surface area contributed by atoms with Crippen LogP contribution in [0.1, 0.15) is 27.3 Å². The Kier molecular flexibility index (Phi) is 2.61. The van der Waals surface area contributed by atoms with E-state index in [0.717, 1.165) is 38.4 Å². The SMILES string of the molecule is O=C1c2ccccc2C(=C2SC=CS2)c2nsnc21. The largest absolute Gasteiger partial charge is 0.287 e. The Labute approximate surface area is 122 Å². The lowest BCUT2D eigenvalue weighted by atomic mass is 9.88. The van der Waals surface area contributed by atoms with Crippen molar-refractivity contribution in [2.24, 2.45) is 0 Å². The molecule has 0 saturated heterocycles. The third-order valence-corrected chi connectivity index (χ3v) is 5.65. The Balaban J connectivity index is 2.06. The number of hydrogen-bond acceptors (Lipinski definition) is 6. The van der Waals surface area contributed by atoms with Crippen LogP contribution in [0.4, 0.5) is 0 Å². The molecule has 92 valence electrons. The molecule has 0 radical (unpaired) electrons. The van der Waals surface area contributed by atoms with E-state index >= 15 is 0 Å². The quantitative estimate of drug-likeness (QED) is 0.632.